The molecule has 0 unspecified atom stereocenters. The highest BCUT2D eigenvalue weighted by Gasteiger charge is 2.00. The van der Waals surface area contributed by atoms with E-state index in [1.165, 1.54) is 0 Å². The Morgan fingerprint density at radius 2 is 2.33 bits per heavy atom. The van der Waals surface area contributed by atoms with Gasteiger partial charge in [-0.1, -0.05) is 27.5 Å². The number of alkyl halides is 1. The molecule has 0 aromatic carbocycles. The van der Waals surface area contributed by atoms with Crippen LogP contribution in [0.25, 0.3) is 0 Å². The van der Waals surface area contributed by atoms with Crippen molar-refractivity contribution in [1.29, 1.82) is 0 Å². The van der Waals surface area contributed by atoms with Crippen LogP contribution in [0.2, 0.25) is 5.02 Å². The van der Waals surface area contributed by atoms with Gasteiger partial charge in [-0.25, -0.2) is 4.98 Å². The molecule has 0 bridgehead atoms. The summed E-state index contributed by atoms with van der Waals surface area (Å²) in [5, 5.41) is 1.62. The Morgan fingerprint density at radius 1 is 1.58 bits per heavy atom. The third kappa shape index (κ3) is 2.64. The number of nitrogens with zero attached hydrogens (tertiary/aromatic N) is 1. The number of hydrogen-bond donors (Lipinski definition) is 1. The molecule has 1 rings (SSSR count). The van der Waals surface area contributed by atoms with Crippen LogP contribution in [0.4, 0.5) is 5.82 Å². The maximum absolute atomic E-state index is 5.77. The molecule has 0 aliphatic heterocycles. The number of nitrogens with two attached hydrogens (primary N) is 1. The van der Waals surface area contributed by atoms with Crippen molar-refractivity contribution < 1.29 is 0 Å². The van der Waals surface area contributed by atoms with Crippen molar-refractivity contribution in [2.75, 3.05) is 11.1 Å². The lowest BCUT2D eigenvalue weighted by Crippen LogP contribution is -1.97. The van der Waals surface area contributed by atoms with Gasteiger partial charge in [-0.05, 0) is 24.5 Å². The first kappa shape index (κ1) is 9.81. The quantitative estimate of drug-likeness (QED) is 0.837. The van der Waals surface area contributed by atoms with E-state index >= 15 is 0 Å². The molecule has 0 aliphatic carbocycles. The number of aryl methyl sites for hydroxylation is 1. The summed E-state index contributed by atoms with van der Waals surface area (Å²) in [6.07, 6.45) is 3.53. The zero-order valence-electron chi connectivity index (χ0n) is 6.56. The fourth-order valence-electron chi connectivity index (χ4n) is 0.949. The lowest BCUT2D eigenvalue weighted by Gasteiger charge is -2.02. The van der Waals surface area contributed by atoms with E-state index in [0.717, 1.165) is 23.7 Å². The Balaban J connectivity index is 2.75. The maximum Gasteiger partial charge on any atom is 0.126 e. The van der Waals surface area contributed by atoms with Crippen LogP contribution in [-0.4, -0.2) is 10.3 Å². The summed E-state index contributed by atoms with van der Waals surface area (Å²) in [6, 6.07) is 1.87. The molecule has 0 aliphatic rings. The van der Waals surface area contributed by atoms with Crippen LogP contribution in [0, 0.1) is 0 Å². The van der Waals surface area contributed by atoms with E-state index in [-0.39, 0.29) is 0 Å². The highest BCUT2D eigenvalue weighted by atomic mass is 79.9. The smallest absolute Gasteiger partial charge is 0.126 e. The van der Waals surface area contributed by atoms with Crippen LogP contribution in [0.1, 0.15) is 12.0 Å². The molecule has 1 aromatic rings. The first-order valence-electron chi connectivity index (χ1n) is 3.70. The zero-order chi connectivity index (χ0) is 8.97. The first-order chi connectivity index (χ1) is 5.74. The highest BCUT2D eigenvalue weighted by molar-refractivity contribution is 9.09. The second-order valence-corrected chi connectivity index (χ2v) is 3.72. The molecule has 0 amide bonds. The molecular formula is C8H10BrClN2. The fourth-order valence-corrected chi connectivity index (χ4v) is 1.41. The highest BCUT2D eigenvalue weighted by Crippen LogP contribution is 2.16. The van der Waals surface area contributed by atoms with Gasteiger partial charge in [-0.2, -0.15) is 0 Å². The molecule has 0 fully saturated rings. The van der Waals surface area contributed by atoms with Gasteiger partial charge in [0, 0.05) is 11.5 Å². The SMILES string of the molecule is Nc1ncc(Cl)cc1CCCBr. The molecule has 2 nitrogen and oxygen atoms in total. The Morgan fingerprint density at radius 3 is 3.00 bits per heavy atom. The summed E-state index contributed by atoms with van der Waals surface area (Å²) in [5.74, 6) is 0.584. The zero-order valence-corrected chi connectivity index (χ0v) is 8.90. The lowest BCUT2D eigenvalue weighted by atomic mass is 10.1. The summed E-state index contributed by atoms with van der Waals surface area (Å²) in [7, 11) is 0. The monoisotopic (exact) mass is 248 g/mol. The van der Waals surface area contributed by atoms with Crippen molar-refractivity contribution in [3.8, 4) is 0 Å². The van der Waals surface area contributed by atoms with Gasteiger partial charge in [0.1, 0.15) is 5.82 Å². The molecule has 1 heterocycles. The van der Waals surface area contributed by atoms with Gasteiger partial charge < -0.3 is 5.73 Å². The molecule has 0 radical (unpaired) electrons. The molecule has 0 spiro atoms. The van der Waals surface area contributed by atoms with Crippen molar-refractivity contribution >= 4 is 33.3 Å². The fraction of sp³-hybridized carbons (Fsp3) is 0.375. The van der Waals surface area contributed by atoms with E-state index < -0.39 is 0 Å². The minimum absolute atomic E-state index is 0.584. The molecule has 0 saturated heterocycles. The summed E-state index contributed by atoms with van der Waals surface area (Å²) in [5.41, 5.74) is 6.67. The number of rotatable bonds is 3. The van der Waals surface area contributed by atoms with Gasteiger partial charge >= 0.3 is 0 Å². The van der Waals surface area contributed by atoms with Crippen molar-refractivity contribution in [3.63, 3.8) is 0 Å². The van der Waals surface area contributed by atoms with Gasteiger partial charge in [0.25, 0.3) is 0 Å². The molecule has 0 saturated carbocycles. The third-order valence-electron chi connectivity index (χ3n) is 1.55. The molecule has 2 N–H and O–H groups in total. The van der Waals surface area contributed by atoms with Crippen LogP contribution in [0.3, 0.4) is 0 Å². The topological polar surface area (TPSA) is 38.9 Å². The van der Waals surface area contributed by atoms with E-state index in [1.807, 2.05) is 6.07 Å². The molecule has 66 valence electrons. The summed E-state index contributed by atoms with van der Waals surface area (Å²) in [6.45, 7) is 0. The largest absolute Gasteiger partial charge is 0.383 e. The van der Waals surface area contributed by atoms with Gasteiger partial charge in [-0.15, -0.1) is 0 Å². The van der Waals surface area contributed by atoms with Crippen LogP contribution >= 0.6 is 27.5 Å². The van der Waals surface area contributed by atoms with E-state index in [9.17, 15) is 0 Å². The van der Waals surface area contributed by atoms with Crippen molar-refractivity contribution in [2.45, 2.75) is 12.8 Å². The predicted octanol–water partition coefficient (Wildman–Crippen LogP) is 2.64. The van der Waals surface area contributed by atoms with E-state index in [2.05, 4.69) is 20.9 Å². The Kier molecular flexibility index (Phi) is 3.82. The number of nitrogen functional groups attached to an aromatic ring is 1. The van der Waals surface area contributed by atoms with Crippen molar-refractivity contribution in [2.24, 2.45) is 0 Å². The van der Waals surface area contributed by atoms with Gasteiger partial charge in [-0.3, -0.25) is 0 Å². The number of hydrogen-bond acceptors (Lipinski definition) is 2. The normalized spacial score (nSPS) is 10.2. The van der Waals surface area contributed by atoms with Crippen molar-refractivity contribution in [1.82, 2.24) is 4.98 Å². The minimum atomic E-state index is 0.584. The predicted molar refractivity (Wildman–Crippen MR) is 55.8 cm³/mol. The average Bonchev–Trinajstić information content (AvgIpc) is 2.07. The summed E-state index contributed by atoms with van der Waals surface area (Å²) in [4.78, 5) is 3.96. The van der Waals surface area contributed by atoms with Crippen LogP contribution in [0.15, 0.2) is 12.3 Å². The van der Waals surface area contributed by atoms with E-state index in [0.29, 0.717) is 10.8 Å². The standard InChI is InChI=1S/C8H10BrClN2/c9-3-1-2-6-4-7(10)5-12-8(6)11/h4-5H,1-3H2,(H2,11,12). The van der Waals surface area contributed by atoms with E-state index in [1.54, 1.807) is 6.20 Å². The lowest BCUT2D eigenvalue weighted by molar-refractivity contribution is 0.935. The summed E-state index contributed by atoms with van der Waals surface area (Å²) >= 11 is 9.12. The van der Waals surface area contributed by atoms with Crippen LogP contribution in [-0.2, 0) is 6.42 Å². The number of pyridine rings is 1. The molecule has 4 heteroatoms. The number of aromatic nitrogens is 1. The van der Waals surface area contributed by atoms with Crippen molar-refractivity contribution in [3.05, 3.63) is 22.8 Å². The molecule has 12 heavy (non-hydrogen) atoms. The second kappa shape index (κ2) is 4.67. The minimum Gasteiger partial charge on any atom is -0.383 e. The van der Waals surface area contributed by atoms with Gasteiger partial charge in [0.15, 0.2) is 0 Å². The first-order valence-corrected chi connectivity index (χ1v) is 5.20. The van der Waals surface area contributed by atoms with Gasteiger partial charge in [0.05, 0.1) is 5.02 Å². The average molecular weight is 250 g/mol. The molecule has 0 atom stereocenters. The Hall–Kier alpha value is -0.280. The molecular weight excluding hydrogens is 239 g/mol. The third-order valence-corrected chi connectivity index (χ3v) is 2.32. The maximum atomic E-state index is 5.77. The van der Waals surface area contributed by atoms with E-state index in [4.69, 9.17) is 17.3 Å². The van der Waals surface area contributed by atoms with Gasteiger partial charge in [0.2, 0.25) is 0 Å². The Labute approximate surface area is 85.3 Å². The molecule has 1 aromatic heterocycles. The number of halogens is 2. The Bertz CT molecular complexity index is 265. The second-order valence-electron chi connectivity index (χ2n) is 2.49. The van der Waals surface area contributed by atoms with Crippen LogP contribution < -0.4 is 5.73 Å². The number of anilines is 1. The van der Waals surface area contributed by atoms with Crippen LogP contribution in [0.5, 0.6) is 0 Å². The summed E-state index contributed by atoms with van der Waals surface area (Å²) < 4.78 is 0.